The Balaban J connectivity index is 1.38. The zero-order chi connectivity index (χ0) is 23.7. The van der Waals surface area contributed by atoms with Crippen LogP contribution in [0.1, 0.15) is 27.2 Å². The second kappa shape index (κ2) is 8.74. The van der Waals surface area contributed by atoms with Gasteiger partial charge in [0.1, 0.15) is 5.82 Å². The maximum absolute atomic E-state index is 12.7. The van der Waals surface area contributed by atoms with Gasteiger partial charge in [-0.1, -0.05) is 6.07 Å². The normalized spacial score (nSPS) is 10.9. The average Bonchev–Trinajstić information content (AvgIpc) is 3.24. The Labute approximate surface area is 196 Å². The minimum atomic E-state index is -0.156. The summed E-state index contributed by atoms with van der Waals surface area (Å²) in [7, 11) is 0. The molecule has 0 saturated heterocycles. The summed E-state index contributed by atoms with van der Waals surface area (Å²) < 4.78 is 1.66. The first-order valence-corrected chi connectivity index (χ1v) is 10.9. The maximum atomic E-state index is 12.7. The molecular formula is C26H23N7O. The SMILES string of the molecule is Cc1cc(C)cc(NC(=O)c2ccc(Nc3cc(C)nc4nc(-c5cccnc5)nn34)cc2)c1. The van der Waals surface area contributed by atoms with E-state index in [1.165, 1.54) is 0 Å². The van der Waals surface area contributed by atoms with Gasteiger partial charge < -0.3 is 10.6 Å². The number of carbonyl (C=O) groups excluding carboxylic acids is 1. The van der Waals surface area contributed by atoms with Crippen LogP contribution in [-0.4, -0.2) is 30.5 Å². The third-order valence-corrected chi connectivity index (χ3v) is 5.26. The minimum Gasteiger partial charge on any atom is -0.340 e. The molecule has 1 amide bonds. The van der Waals surface area contributed by atoms with E-state index in [1.807, 2.05) is 63.2 Å². The highest BCUT2D eigenvalue weighted by atomic mass is 16.1. The molecule has 0 spiro atoms. The number of aryl methyl sites for hydroxylation is 3. The number of pyridine rings is 1. The highest BCUT2D eigenvalue weighted by Crippen LogP contribution is 2.22. The summed E-state index contributed by atoms with van der Waals surface area (Å²) >= 11 is 0. The first-order chi connectivity index (χ1) is 16.4. The number of carbonyl (C=O) groups is 1. The predicted octanol–water partition coefficient (Wildman–Crippen LogP) is 5.11. The molecule has 34 heavy (non-hydrogen) atoms. The molecule has 0 aliphatic carbocycles. The van der Waals surface area contributed by atoms with Gasteiger partial charge in [0.25, 0.3) is 11.7 Å². The van der Waals surface area contributed by atoms with E-state index < -0.39 is 0 Å². The van der Waals surface area contributed by atoms with E-state index in [1.54, 1.807) is 29.0 Å². The van der Waals surface area contributed by atoms with Gasteiger partial charge in [0.15, 0.2) is 5.82 Å². The van der Waals surface area contributed by atoms with Crippen molar-refractivity contribution in [1.82, 2.24) is 24.6 Å². The van der Waals surface area contributed by atoms with Crippen LogP contribution in [0.4, 0.5) is 17.2 Å². The Bertz CT molecular complexity index is 1470. The lowest BCUT2D eigenvalue weighted by Crippen LogP contribution is -2.12. The lowest BCUT2D eigenvalue weighted by molar-refractivity contribution is 0.102. The summed E-state index contributed by atoms with van der Waals surface area (Å²) in [5.74, 6) is 1.60. The molecule has 3 aromatic heterocycles. The van der Waals surface area contributed by atoms with Gasteiger partial charge >= 0.3 is 0 Å². The third kappa shape index (κ3) is 4.47. The summed E-state index contributed by atoms with van der Waals surface area (Å²) in [5.41, 5.74) is 6.01. The van der Waals surface area contributed by atoms with E-state index in [0.717, 1.165) is 39.6 Å². The molecule has 0 aliphatic rings. The Morgan fingerprint density at radius 1 is 0.882 bits per heavy atom. The van der Waals surface area contributed by atoms with Crippen LogP contribution in [0.5, 0.6) is 0 Å². The number of fused-ring (bicyclic) bond motifs is 1. The van der Waals surface area contributed by atoms with Crippen molar-refractivity contribution in [3.63, 3.8) is 0 Å². The molecule has 2 N–H and O–H groups in total. The Morgan fingerprint density at radius 3 is 2.35 bits per heavy atom. The van der Waals surface area contributed by atoms with E-state index in [-0.39, 0.29) is 5.91 Å². The first kappa shape index (κ1) is 21.3. The average molecular weight is 450 g/mol. The topological polar surface area (TPSA) is 97.1 Å². The first-order valence-electron chi connectivity index (χ1n) is 10.9. The molecule has 0 radical (unpaired) electrons. The molecule has 0 atom stereocenters. The molecule has 8 heteroatoms. The van der Waals surface area contributed by atoms with Crippen LogP contribution in [0.25, 0.3) is 17.2 Å². The van der Waals surface area contributed by atoms with Crippen LogP contribution < -0.4 is 10.6 Å². The molecule has 0 unspecified atom stereocenters. The van der Waals surface area contributed by atoms with Gasteiger partial charge in [-0.15, -0.1) is 5.10 Å². The number of aromatic nitrogens is 5. The van der Waals surface area contributed by atoms with Crippen LogP contribution in [0.15, 0.2) is 73.1 Å². The lowest BCUT2D eigenvalue weighted by atomic mass is 10.1. The van der Waals surface area contributed by atoms with Crippen LogP contribution in [0.3, 0.4) is 0 Å². The molecule has 5 rings (SSSR count). The second-order valence-corrected chi connectivity index (χ2v) is 8.20. The van der Waals surface area contributed by atoms with Gasteiger partial charge in [-0.2, -0.15) is 9.50 Å². The van der Waals surface area contributed by atoms with E-state index in [0.29, 0.717) is 17.2 Å². The van der Waals surface area contributed by atoms with Gasteiger partial charge in [-0.05, 0) is 80.4 Å². The van der Waals surface area contributed by atoms with Crippen molar-refractivity contribution in [3.8, 4) is 11.4 Å². The summed E-state index contributed by atoms with van der Waals surface area (Å²) in [6.07, 6.45) is 3.43. The summed E-state index contributed by atoms with van der Waals surface area (Å²) in [6.45, 7) is 5.93. The Kier molecular flexibility index (Phi) is 5.47. The molecule has 168 valence electrons. The molecule has 2 aromatic carbocycles. The smallest absolute Gasteiger partial charge is 0.255 e. The fourth-order valence-electron chi connectivity index (χ4n) is 3.80. The predicted molar refractivity (Wildman–Crippen MR) is 132 cm³/mol. The third-order valence-electron chi connectivity index (χ3n) is 5.26. The zero-order valence-electron chi connectivity index (χ0n) is 19.1. The van der Waals surface area contributed by atoms with Crippen LogP contribution in [-0.2, 0) is 0 Å². The fraction of sp³-hybridized carbons (Fsp3) is 0.115. The van der Waals surface area contributed by atoms with Crippen molar-refractivity contribution in [2.24, 2.45) is 0 Å². The van der Waals surface area contributed by atoms with Crippen molar-refractivity contribution in [2.75, 3.05) is 10.6 Å². The molecule has 0 fully saturated rings. The monoisotopic (exact) mass is 449 g/mol. The second-order valence-electron chi connectivity index (χ2n) is 8.20. The quantitative estimate of drug-likeness (QED) is 0.387. The number of amides is 1. The van der Waals surface area contributed by atoms with Crippen LogP contribution in [0.2, 0.25) is 0 Å². The zero-order valence-corrected chi connectivity index (χ0v) is 19.1. The Morgan fingerprint density at radius 2 is 1.65 bits per heavy atom. The molecular weight excluding hydrogens is 426 g/mol. The van der Waals surface area contributed by atoms with E-state index in [2.05, 4.69) is 36.8 Å². The van der Waals surface area contributed by atoms with Crippen molar-refractivity contribution in [1.29, 1.82) is 0 Å². The fourth-order valence-corrected chi connectivity index (χ4v) is 3.80. The van der Waals surface area contributed by atoms with E-state index in [4.69, 9.17) is 0 Å². The molecule has 0 bridgehead atoms. The summed E-state index contributed by atoms with van der Waals surface area (Å²) in [5, 5.41) is 10.9. The number of nitrogens with one attached hydrogen (secondary N) is 2. The molecule has 0 aliphatic heterocycles. The van der Waals surface area contributed by atoms with Gasteiger partial charge in [-0.25, -0.2) is 4.98 Å². The van der Waals surface area contributed by atoms with Crippen molar-refractivity contribution in [3.05, 3.63) is 95.4 Å². The van der Waals surface area contributed by atoms with E-state index >= 15 is 0 Å². The molecule has 5 aromatic rings. The van der Waals surface area contributed by atoms with Crippen molar-refractivity contribution < 1.29 is 4.79 Å². The van der Waals surface area contributed by atoms with Gasteiger partial charge in [0, 0.05) is 46.7 Å². The highest BCUT2D eigenvalue weighted by molar-refractivity contribution is 6.04. The molecule has 8 nitrogen and oxygen atoms in total. The number of hydrogen-bond acceptors (Lipinski definition) is 6. The molecule has 3 heterocycles. The van der Waals surface area contributed by atoms with Crippen LogP contribution >= 0.6 is 0 Å². The number of anilines is 3. The standard InChI is InChI=1S/C26H23N7O/c1-16-11-17(2)13-22(12-16)30-25(34)19-6-8-21(9-7-19)29-23-14-18(3)28-26-31-24(32-33(23)26)20-5-4-10-27-15-20/h4-15,29H,1-3H3,(H,30,34). The van der Waals surface area contributed by atoms with Crippen molar-refractivity contribution in [2.45, 2.75) is 20.8 Å². The van der Waals surface area contributed by atoms with Gasteiger partial charge in [0.2, 0.25) is 0 Å². The maximum Gasteiger partial charge on any atom is 0.255 e. The number of nitrogens with zero attached hydrogens (tertiary/aromatic N) is 5. The lowest BCUT2D eigenvalue weighted by Gasteiger charge is -2.10. The van der Waals surface area contributed by atoms with Crippen molar-refractivity contribution >= 4 is 28.9 Å². The van der Waals surface area contributed by atoms with Crippen LogP contribution in [0, 0.1) is 20.8 Å². The van der Waals surface area contributed by atoms with Gasteiger partial charge in [0.05, 0.1) is 0 Å². The van der Waals surface area contributed by atoms with E-state index in [9.17, 15) is 4.79 Å². The van der Waals surface area contributed by atoms with Gasteiger partial charge in [-0.3, -0.25) is 9.78 Å². The molecule has 0 saturated carbocycles. The summed E-state index contributed by atoms with van der Waals surface area (Å²) in [4.78, 5) is 25.9. The Hall–Kier alpha value is -4.59. The highest BCUT2D eigenvalue weighted by Gasteiger charge is 2.13. The number of benzene rings is 2. The summed E-state index contributed by atoms with van der Waals surface area (Å²) in [6, 6.07) is 18.9. The number of rotatable bonds is 5. The minimum absolute atomic E-state index is 0.156. The largest absolute Gasteiger partial charge is 0.340 e. The number of hydrogen-bond donors (Lipinski definition) is 2.